The molecular weight excluding hydrogens is 419 g/mol. The Kier molecular flexibility index (Phi) is 5.60. The summed E-state index contributed by atoms with van der Waals surface area (Å²) in [5.74, 6) is -1.49. The Hall–Kier alpha value is -2.77. The van der Waals surface area contributed by atoms with Crippen LogP contribution in [-0.2, 0) is 5.75 Å². The first-order valence-electron chi connectivity index (χ1n) is 8.57. The quantitative estimate of drug-likeness (QED) is 0.347. The van der Waals surface area contributed by atoms with Crippen molar-refractivity contribution in [1.82, 2.24) is 14.8 Å². The molecule has 4 aromatic rings. The molecule has 0 N–H and O–H groups in total. The first kappa shape index (κ1) is 19.5. The van der Waals surface area contributed by atoms with Crippen LogP contribution >= 0.6 is 23.4 Å². The van der Waals surface area contributed by atoms with E-state index in [0.717, 1.165) is 11.8 Å². The number of nitrogens with zero attached hydrogens (tertiary/aromatic N) is 3. The smallest absolute Gasteiger partial charge is 0.196 e. The minimum absolute atomic E-state index is 0.0341. The molecule has 8 heteroatoms. The molecule has 0 radical (unpaired) electrons. The summed E-state index contributed by atoms with van der Waals surface area (Å²) in [5.41, 5.74) is 0.692. The fourth-order valence-corrected chi connectivity index (χ4v) is 4.02. The highest BCUT2D eigenvalue weighted by atomic mass is 35.5. The number of rotatable bonds is 5. The zero-order valence-electron chi connectivity index (χ0n) is 14.8. The van der Waals surface area contributed by atoms with Crippen LogP contribution in [0.1, 0.15) is 5.56 Å². The van der Waals surface area contributed by atoms with E-state index in [-0.39, 0.29) is 22.2 Å². The molecule has 4 rings (SSSR count). The van der Waals surface area contributed by atoms with Gasteiger partial charge in [0.2, 0.25) is 0 Å². The van der Waals surface area contributed by atoms with Crippen LogP contribution in [0, 0.1) is 17.5 Å². The van der Waals surface area contributed by atoms with Crippen molar-refractivity contribution in [2.24, 2.45) is 0 Å². The van der Waals surface area contributed by atoms with E-state index in [1.54, 1.807) is 42.5 Å². The predicted molar refractivity (Wildman–Crippen MR) is 108 cm³/mol. The third-order valence-electron chi connectivity index (χ3n) is 4.25. The van der Waals surface area contributed by atoms with Gasteiger partial charge >= 0.3 is 0 Å². The molecular formula is C21H13ClF3N3S. The Balaban J connectivity index is 1.81. The zero-order chi connectivity index (χ0) is 20.4. The summed E-state index contributed by atoms with van der Waals surface area (Å²) in [4.78, 5) is 0. The van der Waals surface area contributed by atoms with Crippen molar-refractivity contribution in [2.75, 3.05) is 0 Å². The van der Waals surface area contributed by atoms with Gasteiger partial charge in [0.15, 0.2) is 11.0 Å². The summed E-state index contributed by atoms with van der Waals surface area (Å²) in [5, 5.41) is 9.02. The average Bonchev–Trinajstić information content (AvgIpc) is 3.12. The van der Waals surface area contributed by atoms with E-state index >= 15 is 0 Å². The molecule has 0 unspecified atom stereocenters. The summed E-state index contributed by atoms with van der Waals surface area (Å²) in [7, 11) is 0. The maximum absolute atomic E-state index is 14.6. The van der Waals surface area contributed by atoms with E-state index in [9.17, 15) is 13.2 Å². The van der Waals surface area contributed by atoms with E-state index < -0.39 is 17.5 Å². The van der Waals surface area contributed by atoms with E-state index in [2.05, 4.69) is 10.2 Å². The largest absolute Gasteiger partial charge is 0.267 e. The van der Waals surface area contributed by atoms with Crippen LogP contribution in [0.5, 0.6) is 0 Å². The van der Waals surface area contributed by atoms with Gasteiger partial charge in [0.1, 0.15) is 17.5 Å². The van der Waals surface area contributed by atoms with Crippen LogP contribution in [0.15, 0.2) is 71.9 Å². The SMILES string of the molecule is Fc1ccccc1-n1c(SCc2c(F)cccc2F)nnc1-c1ccccc1Cl. The van der Waals surface area contributed by atoms with Gasteiger partial charge in [-0.3, -0.25) is 4.57 Å². The van der Waals surface area contributed by atoms with Crippen molar-refractivity contribution >= 4 is 23.4 Å². The number of para-hydroxylation sites is 1. The molecule has 0 fully saturated rings. The van der Waals surface area contributed by atoms with E-state index in [1.165, 1.54) is 28.8 Å². The fraction of sp³-hybridized carbons (Fsp3) is 0.0476. The number of hydrogen-bond acceptors (Lipinski definition) is 3. The Bertz CT molecular complexity index is 1160. The molecule has 0 spiro atoms. The van der Waals surface area contributed by atoms with Crippen molar-refractivity contribution in [3.05, 3.63) is 94.8 Å². The number of thioether (sulfide) groups is 1. The monoisotopic (exact) mass is 431 g/mol. The van der Waals surface area contributed by atoms with Gasteiger partial charge in [-0.25, -0.2) is 13.2 Å². The number of aromatic nitrogens is 3. The highest BCUT2D eigenvalue weighted by Gasteiger charge is 2.21. The van der Waals surface area contributed by atoms with Crippen molar-refractivity contribution in [3.8, 4) is 17.1 Å². The fourth-order valence-electron chi connectivity index (χ4n) is 2.84. The molecule has 0 bridgehead atoms. The van der Waals surface area contributed by atoms with Gasteiger partial charge in [-0.2, -0.15) is 0 Å². The summed E-state index contributed by atoms with van der Waals surface area (Å²) >= 11 is 7.35. The van der Waals surface area contributed by atoms with Crippen molar-refractivity contribution in [2.45, 2.75) is 10.9 Å². The maximum atomic E-state index is 14.6. The molecule has 3 aromatic carbocycles. The van der Waals surface area contributed by atoms with Crippen molar-refractivity contribution in [1.29, 1.82) is 0 Å². The molecule has 29 heavy (non-hydrogen) atoms. The second-order valence-corrected chi connectivity index (χ2v) is 7.41. The van der Waals surface area contributed by atoms with Gasteiger partial charge < -0.3 is 0 Å². The lowest BCUT2D eigenvalue weighted by atomic mass is 10.2. The predicted octanol–water partition coefficient (Wildman–Crippen LogP) is 6.30. The topological polar surface area (TPSA) is 30.7 Å². The van der Waals surface area contributed by atoms with Gasteiger partial charge in [0.05, 0.1) is 10.7 Å². The molecule has 146 valence electrons. The van der Waals surface area contributed by atoms with Crippen molar-refractivity contribution < 1.29 is 13.2 Å². The first-order chi connectivity index (χ1) is 14.1. The highest BCUT2D eigenvalue weighted by molar-refractivity contribution is 7.98. The van der Waals surface area contributed by atoms with Gasteiger partial charge in [-0.05, 0) is 36.4 Å². The van der Waals surface area contributed by atoms with Crippen LogP contribution in [0.2, 0.25) is 5.02 Å². The Labute approximate surface area is 174 Å². The van der Waals surface area contributed by atoms with Gasteiger partial charge in [0, 0.05) is 16.9 Å². The summed E-state index contributed by atoms with van der Waals surface area (Å²) in [6, 6.07) is 16.8. The zero-order valence-corrected chi connectivity index (χ0v) is 16.4. The number of benzene rings is 3. The third kappa shape index (κ3) is 3.88. The second-order valence-electron chi connectivity index (χ2n) is 6.06. The van der Waals surface area contributed by atoms with Crippen LogP contribution in [0.25, 0.3) is 17.1 Å². The normalized spacial score (nSPS) is 11.0. The highest BCUT2D eigenvalue weighted by Crippen LogP contribution is 2.34. The maximum Gasteiger partial charge on any atom is 0.196 e. The average molecular weight is 432 g/mol. The molecule has 3 nitrogen and oxygen atoms in total. The minimum Gasteiger partial charge on any atom is -0.267 e. The van der Waals surface area contributed by atoms with E-state index in [1.807, 2.05) is 0 Å². The second kappa shape index (κ2) is 8.31. The molecule has 0 atom stereocenters. The van der Waals surface area contributed by atoms with Crippen LogP contribution in [0.4, 0.5) is 13.2 Å². The Morgan fingerprint density at radius 2 is 1.45 bits per heavy atom. The van der Waals surface area contributed by atoms with Crippen LogP contribution in [-0.4, -0.2) is 14.8 Å². The molecule has 0 aliphatic carbocycles. The van der Waals surface area contributed by atoms with Gasteiger partial charge in [-0.15, -0.1) is 10.2 Å². The summed E-state index contributed by atoms with van der Waals surface area (Å²) < 4.78 is 44.1. The van der Waals surface area contributed by atoms with Crippen molar-refractivity contribution in [3.63, 3.8) is 0 Å². The summed E-state index contributed by atoms with van der Waals surface area (Å²) in [6.45, 7) is 0. The Morgan fingerprint density at radius 3 is 2.17 bits per heavy atom. The number of halogens is 4. The van der Waals surface area contributed by atoms with Crippen LogP contribution in [0.3, 0.4) is 0 Å². The minimum atomic E-state index is -0.652. The van der Waals surface area contributed by atoms with E-state index in [0.29, 0.717) is 16.4 Å². The van der Waals surface area contributed by atoms with Crippen LogP contribution < -0.4 is 0 Å². The lowest BCUT2D eigenvalue weighted by molar-refractivity contribution is 0.566. The summed E-state index contributed by atoms with van der Waals surface area (Å²) in [6.07, 6.45) is 0. The third-order valence-corrected chi connectivity index (χ3v) is 5.53. The standard InChI is InChI=1S/C21H13ClF3N3S/c22-15-7-2-1-6-13(15)20-26-27-21(28(20)19-11-4-3-8-18(19)25)29-12-14-16(23)9-5-10-17(14)24/h1-11H,12H2. The lowest BCUT2D eigenvalue weighted by Crippen LogP contribution is -2.03. The Morgan fingerprint density at radius 1 is 0.793 bits per heavy atom. The molecule has 1 aromatic heterocycles. The molecule has 1 heterocycles. The van der Waals surface area contributed by atoms with Gasteiger partial charge in [-0.1, -0.05) is 53.7 Å². The molecule has 0 aliphatic rings. The molecule has 0 saturated heterocycles. The lowest BCUT2D eigenvalue weighted by Gasteiger charge is -2.12. The van der Waals surface area contributed by atoms with Gasteiger partial charge in [0.25, 0.3) is 0 Å². The molecule has 0 saturated carbocycles. The first-order valence-corrected chi connectivity index (χ1v) is 9.93. The molecule has 0 amide bonds. The molecule has 0 aliphatic heterocycles. The van der Waals surface area contributed by atoms with E-state index in [4.69, 9.17) is 11.6 Å². The number of hydrogen-bond donors (Lipinski definition) is 0.